The van der Waals surface area contributed by atoms with E-state index in [-0.39, 0.29) is 19.0 Å². The van der Waals surface area contributed by atoms with Gasteiger partial charge in [-0.05, 0) is 27.7 Å². The van der Waals surface area contributed by atoms with Crippen LogP contribution in [0.25, 0.3) is 0 Å². The average molecular weight is 204 g/mol. The molecule has 0 unspecified atom stereocenters. The molecule has 0 saturated heterocycles. The number of esters is 2. The Kier molecular flexibility index (Phi) is 10.5. The van der Waals surface area contributed by atoms with Gasteiger partial charge in [-0.2, -0.15) is 0 Å². The second-order valence-electron chi connectivity index (χ2n) is 2.35. The molecule has 0 aromatic rings. The van der Waals surface area contributed by atoms with Gasteiger partial charge < -0.3 is 14.3 Å². The van der Waals surface area contributed by atoms with E-state index in [9.17, 15) is 14.4 Å². The molecule has 0 rings (SSSR count). The number of rotatable bonds is 2. The van der Waals surface area contributed by atoms with Crippen LogP contribution in [0.15, 0.2) is 0 Å². The Morgan fingerprint density at radius 3 is 1.21 bits per heavy atom. The van der Waals surface area contributed by atoms with E-state index in [1.54, 1.807) is 13.8 Å². The minimum Gasteiger partial charge on any atom is -0.458 e. The zero-order valence-corrected chi connectivity index (χ0v) is 8.96. The first-order chi connectivity index (χ1) is 6.45. The third-order valence-electron chi connectivity index (χ3n) is 0.718. The Labute approximate surface area is 83.4 Å². The summed E-state index contributed by atoms with van der Waals surface area (Å²) in [5.41, 5.74) is 0. The van der Waals surface area contributed by atoms with E-state index in [1.165, 1.54) is 13.8 Å². The molecule has 0 aromatic heterocycles. The van der Waals surface area contributed by atoms with Gasteiger partial charge in [0.05, 0.1) is 13.2 Å². The van der Waals surface area contributed by atoms with Crippen LogP contribution in [0.3, 0.4) is 0 Å². The first-order valence-electron chi connectivity index (χ1n) is 4.26. The molecule has 0 aliphatic rings. The molecule has 0 aliphatic carbocycles. The van der Waals surface area contributed by atoms with Crippen LogP contribution in [0.4, 0.5) is 0 Å². The SMILES string of the molecule is CC(C)=O.CCOC(=O)C(=O)OCC. The van der Waals surface area contributed by atoms with Crippen molar-refractivity contribution in [1.82, 2.24) is 0 Å². The summed E-state index contributed by atoms with van der Waals surface area (Å²) in [4.78, 5) is 30.3. The number of hydrogen-bond donors (Lipinski definition) is 0. The van der Waals surface area contributed by atoms with E-state index in [2.05, 4.69) is 9.47 Å². The molecule has 0 aromatic carbocycles. The number of Topliss-reactive ketones (excluding diaryl/α,β-unsaturated/α-hetero) is 1. The first-order valence-corrected chi connectivity index (χ1v) is 4.26. The maximum Gasteiger partial charge on any atom is 0.417 e. The lowest BCUT2D eigenvalue weighted by Crippen LogP contribution is -2.19. The van der Waals surface area contributed by atoms with Gasteiger partial charge in [0.15, 0.2) is 0 Å². The molecule has 14 heavy (non-hydrogen) atoms. The summed E-state index contributed by atoms with van der Waals surface area (Å²) in [6.45, 7) is 6.68. The zero-order valence-electron chi connectivity index (χ0n) is 8.96. The van der Waals surface area contributed by atoms with E-state index < -0.39 is 11.9 Å². The minimum absolute atomic E-state index is 0.167. The van der Waals surface area contributed by atoms with Crippen LogP contribution in [0.5, 0.6) is 0 Å². The second kappa shape index (κ2) is 9.70. The number of ether oxygens (including phenoxy) is 2. The van der Waals surface area contributed by atoms with Gasteiger partial charge in [-0.1, -0.05) is 0 Å². The highest BCUT2D eigenvalue weighted by Crippen LogP contribution is 1.82. The van der Waals surface area contributed by atoms with Gasteiger partial charge in [0, 0.05) is 0 Å². The molecule has 0 radical (unpaired) electrons. The van der Waals surface area contributed by atoms with Gasteiger partial charge in [0.25, 0.3) is 0 Å². The van der Waals surface area contributed by atoms with Crippen molar-refractivity contribution >= 4 is 17.7 Å². The van der Waals surface area contributed by atoms with E-state index in [4.69, 9.17) is 0 Å². The van der Waals surface area contributed by atoms with Crippen LogP contribution in [0.2, 0.25) is 0 Å². The molecule has 0 spiro atoms. The number of carbonyl (C=O) groups is 3. The minimum atomic E-state index is -0.927. The second-order valence-corrected chi connectivity index (χ2v) is 2.35. The predicted molar refractivity (Wildman–Crippen MR) is 49.6 cm³/mol. The highest BCUT2D eigenvalue weighted by molar-refractivity contribution is 6.29. The lowest BCUT2D eigenvalue weighted by atomic mass is 10.6. The smallest absolute Gasteiger partial charge is 0.417 e. The molecule has 5 nitrogen and oxygen atoms in total. The van der Waals surface area contributed by atoms with Gasteiger partial charge >= 0.3 is 11.9 Å². The normalized spacial score (nSPS) is 8.00. The molecule has 82 valence electrons. The third kappa shape index (κ3) is 13.2. The van der Waals surface area contributed by atoms with Crippen molar-refractivity contribution in [3.63, 3.8) is 0 Å². The lowest BCUT2D eigenvalue weighted by Gasteiger charge is -1.99. The van der Waals surface area contributed by atoms with Crippen molar-refractivity contribution in [3.8, 4) is 0 Å². The van der Waals surface area contributed by atoms with E-state index in [0.29, 0.717) is 0 Å². The Hall–Kier alpha value is -1.39. The maximum absolute atomic E-state index is 10.4. The van der Waals surface area contributed by atoms with Crippen LogP contribution in [0.1, 0.15) is 27.7 Å². The highest BCUT2D eigenvalue weighted by Gasteiger charge is 2.14. The summed E-state index contributed by atoms with van der Waals surface area (Å²) in [6.07, 6.45) is 0. The quantitative estimate of drug-likeness (QED) is 0.489. The van der Waals surface area contributed by atoms with Gasteiger partial charge in [0.2, 0.25) is 0 Å². The van der Waals surface area contributed by atoms with E-state index in [0.717, 1.165) is 0 Å². The van der Waals surface area contributed by atoms with Gasteiger partial charge in [-0.15, -0.1) is 0 Å². The average Bonchev–Trinajstić information content (AvgIpc) is 2.04. The van der Waals surface area contributed by atoms with Crippen LogP contribution in [-0.2, 0) is 23.9 Å². The van der Waals surface area contributed by atoms with Crippen molar-refractivity contribution in [2.75, 3.05) is 13.2 Å². The first kappa shape index (κ1) is 15.1. The van der Waals surface area contributed by atoms with Crippen LogP contribution >= 0.6 is 0 Å². The standard InChI is InChI=1S/C6H10O4.C3H6O/c1-3-9-5(7)6(8)10-4-2;1-3(2)4/h3-4H2,1-2H3;1-2H3. The lowest BCUT2D eigenvalue weighted by molar-refractivity contribution is -0.167. The summed E-state index contributed by atoms with van der Waals surface area (Å²) in [7, 11) is 0. The largest absolute Gasteiger partial charge is 0.458 e. The van der Waals surface area contributed by atoms with Gasteiger partial charge in [-0.25, -0.2) is 9.59 Å². The number of carbonyl (C=O) groups excluding carboxylic acids is 3. The van der Waals surface area contributed by atoms with Crippen LogP contribution in [0, 0.1) is 0 Å². The Morgan fingerprint density at radius 1 is 0.857 bits per heavy atom. The molecule has 0 amide bonds. The van der Waals surface area contributed by atoms with Crippen LogP contribution in [-0.4, -0.2) is 30.9 Å². The van der Waals surface area contributed by atoms with E-state index >= 15 is 0 Å². The molecule has 0 saturated carbocycles. The predicted octanol–water partition coefficient (Wildman–Crippen LogP) is 0.708. The highest BCUT2D eigenvalue weighted by atomic mass is 16.6. The Bertz CT molecular complexity index is 177. The summed E-state index contributed by atoms with van der Waals surface area (Å²) in [6, 6.07) is 0. The monoisotopic (exact) mass is 204 g/mol. The van der Waals surface area contributed by atoms with E-state index in [1.807, 2.05) is 0 Å². The molecule has 0 bridgehead atoms. The number of hydrogen-bond acceptors (Lipinski definition) is 5. The van der Waals surface area contributed by atoms with Crippen molar-refractivity contribution in [1.29, 1.82) is 0 Å². The third-order valence-corrected chi connectivity index (χ3v) is 0.718. The summed E-state index contributed by atoms with van der Waals surface area (Å²) < 4.78 is 8.69. The zero-order chi connectivity index (χ0) is 11.6. The Balaban J connectivity index is 0. The van der Waals surface area contributed by atoms with Crippen LogP contribution < -0.4 is 0 Å². The summed E-state index contributed by atoms with van der Waals surface area (Å²) in [5.74, 6) is -1.69. The molecule has 5 heteroatoms. The molecule has 0 atom stereocenters. The fourth-order valence-electron chi connectivity index (χ4n) is 0.380. The number of ketones is 1. The van der Waals surface area contributed by atoms with Crippen molar-refractivity contribution in [3.05, 3.63) is 0 Å². The van der Waals surface area contributed by atoms with Gasteiger partial charge in [-0.3, -0.25) is 0 Å². The molecule has 0 fully saturated rings. The molecular weight excluding hydrogens is 188 g/mol. The summed E-state index contributed by atoms with van der Waals surface area (Å²) >= 11 is 0. The van der Waals surface area contributed by atoms with Gasteiger partial charge in [0.1, 0.15) is 5.78 Å². The van der Waals surface area contributed by atoms with Crippen molar-refractivity contribution in [2.24, 2.45) is 0 Å². The molecule has 0 N–H and O–H groups in total. The molecular formula is C9H16O5. The van der Waals surface area contributed by atoms with Crippen molar-refractivity contribution in [2.45, 2.75) is 27.7 Å². The fraction of sp³-hybridized carbons (Fsp3) is 0.667. The topological polar surface area (TPSA) is 69.7 Å². The molecule has 0 heterocycles. The maximum atomic E-state index is 10.4. The van der Waals surface area contributed by atoms with Crippen molar-refractivity contribution < 1.29 is 23.9 Å². The molecule has 0 aliphatic heterocycles. The fourth-order valence-corrected chi connectivity index (χ4v) is 0.380. The Morgan fingerprint density at radius 2 is 1.07 bits per heavy atom. The summed E-state index contributed by atoms with van der Waals surface area (Å²) in [5, 5.41) is 0.